The van der Waals surface area contributed by atoms with E-state index < -0.39 is 0 Å². The number of fused-ring (bicyclic) bond motifs is 3. The maximum atomic E-state index is 6.05. The molecule has 2 nitrogen and oxygen atoms in total. The van der Waals surface area contributed by atoms with Gasteiger partial charge in [-0.3, -0.25) is 4.40 Å². The lowest BCUT2D eigenvalue weighted by Crippen LogP contribution is -1.82. The molecule has 0 aliphatic carbocycles. The maximum absolute atomic E-state index is 6.05. The molecular weight excluding hydrogens is 196 g/mol. The van der Waals surface area contributed by atoms with E-state index in [-0.39, 0.29) is 0 Å². The summed E-state index contributed by atoms with van der Waals surface area (Å²) in [5.41, 5.74) is 2.88. The van der Waals surface area contributed by atoms with E-state index in [1.807, 2.05) is 47.0 Å². The number of hydrogen-bond acceptors (Lipinski definition) is 1. The fraction of sp³-hybridized carbons (Fsp3) is 0. The highest BCUT2D eigenvalue weighted by Crippen LogP contribution is 2.21. The van der Waals surface area contributed by atoms with E-state index in [1.165, 1.54) is 0 Å². The average Bonchev–Trinajstić information content (AvgIpc) is 2.59. The first-order chi connectivity index (χ1) is 6.86. The molecule has 0 N–H and O–H groups in total. The van der Waals surface area contributed by atoms with Gasteiger partial charge < -0.3 is 0 Å². The SMILES string of the molecule is Clc1cccn2c1nc1ccccc12. The van der Waals surface area contributed by atoms with Crippen molar-refractivity contribution in [3.05, 3.63) is 47.6 Å². The van der Waals surface area contributed by atoms with Crippen LogP contribution in [0.2, 0.25) is 5.02 Å². The van der Waals surface area contributed by atoms with E-state index in [9.17, 15) is 0 Å². The summed E-state index contributed by atoms with van der Waals surface area (Å²) in [7, 11) is 0. The molecule has 0 aliphatic rings. The Morgan fingerprint density at radius 1 is 1.07 bits per heavy atom. The Hall–Kier alpha value is -1.54. The fourth-order valence-corrected chi connectivity index (χ4v) is 1.86. The molecule has 3 heteroatoms. The van der Waals surface area contributed by atoms with Crippen molar-refractivity contribution in [3.63, 3.8) is 0 Å². The van der Waals surface area contributed by atoms with Crippen molar-refractivity contribution >= 4 is 28.3 Å². The number of benzene rings is 1. The predicted molar refractivity (Wildman–Crippen MR) is 57.7 cm³/mol. The molecule has 3 aromatic rings. The number of hydrogen-bond donors (Lipinski definition) is 0. The van der Waals surface area contributed by atoms with Crippen LogP contribution in [0.15, 0.2) is 42.6 Å². The molecule has 0 fully saturated rings. The highest BCUT2D eigenvalue weighted by Gasteiger charge is 2.04. The summed E-state index contributed by atoms with van der Waals surface area (Å²) in [6.45, 7) is 0. The van der Waals surface area contributed by atoms with Crippen molar-refractivity contribution in [2.75, 3.05) is 0 Å². The standard InChI is InChI=1S/C11H7ClN2/c12-8-4-3-7-14-10-6-2-1-5-9(10)13-11(8)14/h1-7H. The summed E-state index contributed by atoms with van der Waals surface area (Å²) in [6.07, 6.45) is 1.97. The Labute approximate surface area is 85.8 Å². The van der Waals surface area contributed by atoms with E-state index in [1.54, 1.807) is 0 Å². The molecule has 0 saturated carbocycles. The van der Waals surface area contributed by atoms with Crippen molar-refractivity contribution < 1.29 is 0 Å². The third-order valence-electron chi connectivity index (χ3n) is 2.29. The molecule has 0 saturated heterocycles. The van der Waals surface area contributed by atoms with Crippen LogP contribution in [0.25, 0.3) is 16.7 Å². The van der Waals surface area contributed by atoms with Gasteiger partial charge in [-0.25, -0.2) is 4.98 Å². The molecule has 0 radical (unpaired) electrons. The summed E-state index contributed by atoms with van der Waals surface area (Å²) in [5.74, 6) is 0. The van der Waals surface area contributed by atoms with Gasteiger partial charge in [0.25, 0.3) is 0 Å². The lowest BCUT2D eigenvalue weighted by atomic mass is 10.3. The van der Waals surface area contributed by atoms with Gasteiger partial charge in [0, 0.05) is 6.20 Å². The molecule has 0 amide bonds. The van der Waals surface area contributed by atoms with E-state index in [4.69, 9.17) is 11.6 Å². The largest absolute Gasteiger partial charge is 0.298 e. The number of nitrogens with zero attached hydrogens (tertiary/aromatic N) is 2. The van der Waals surface area contributed by atoms with Gasteiger partial charge in [-0.2, -0.15) is 0 Å². The monoisotopic (exact) mass is 202 g/mol. The second-order valence-corrected chi connectivity index (χ2v) is 3.56. The molecular formula is C11H7ClN2. The summed E-state index contributed by atoms with van der Waals surface area (Å²) >= 11 is 6.05. The molecule has 0 bridgehead atoms. The van der Waals surface area contributed by atoms with Crippen LogP contribution in [-0.4, -0.2) is 9.38 Å². The predicted octanol–water partition coefficient (Wildman–Crippen LogP) is 3.14. The smallest absolute Gasteiger partial charge is 0.156 e. The van der Waals surface area contributed by atoms with Crippen molar-refractivity contribution in [1.82, 2.24) is 9.38 Å². The third kappa shape index (κ3) is 0.946. The Kier molecular flexibility index (Phi) is 1.52. The van der Waals surface area contributed by atoms with Gasteiger partial charge >= 0.3 is 0 Å². The molecule has 68 valence electrons. The lowest BCUT2D eigenvalue weighted by Gasteiger charge is -1.94. The number of halogens is 1. The van der Waals surface area contributed by atoms with E-state index >= 15 is 0 Å². The van der Waals surface area contributed by atoms with Crippen LogP contribution in [0.1, 0.15) is 0 Å². The van der Waals surface area contributed by atoms with Gasteiger partial charge in [-0.1, -0.05) is 23.7 Å². The summed E-state index contributed by atoms with van der Waals surface area (Å²) in [4.78, 5) is 4.45. The normalized spacial score (nSPS) is 11.2. The summed E-state index contributed by atoms with van der Waals surface area (Å²) in [5, 5.41) is 0.684. The number of rotatable bonds is 0. The van der Waals surface area contributed by atoms with Crippen LogP contribution in [0.4, 0.5) is 0 Å². The molecule has 2 heterocycles. The second kappa shape index (κ2) is 2.72. The molecule has 0 spiro atoms. The van der Waals surface area contributed by atoms with Crippen molar-refractivity contribution in [2.24, 2.45) is 0 Å². The Balaban J connectivity index is 2.63. The minimum absolute atomic E-state index is 0.684. The zero-order valence-corrected chi connectivity index (χ0v) is 8.07. The van der Waals surface area contributed by atoms with Crippen LogP contribution in [0, 0.1) is 0 Å². The van der Waals surface area contributed by atoms with Gasteiger partial charge in [0.15, 0.2) is 5.65 Å². The fourth-order valence-electron chi connectivity index (χ4n) is 1.65. The van der Waals surface area contributed by atoms with Crippen LogP contribution >= 0.6 is 11.6 Å². The van der Waals surface area contributed by atoms with Crippen molar-refractivity contribution in [2.45, 2.75) is 0 Å². The first-order valence-electron chi connectivity index (χ1n) is 4.37. The Bertz CT molecular complexity index is 613. The maximum Gasteiger partial charge on any atom is 0.156 e. The average molecular weight is 203 g/mol. The highest BCUT2D eigenvalue weighted by atomic mass is 35.5. The first-order valence-corrected chi connectivity index (χ1v) is 4.75. The molecule has 3 rings (SSSR count). The molecule has 14 heavy (non-hydrogen) atoms. The zero-order chi connectivity index (χ0) is 9.54. The topological polar surface area (TPSA) is 17.3 Å². The number of para-hydroxylation sites is 2. The van der Waals surface area contributed by atoms with Gasteiger partial charge in [-0.15, -0.1) is 0 Å². The lowest BCUT2D eigenvalue weighted by molar-refractivity contribution is 1.23. The van der Waals surface area contributed by atoms with Crippen LogP contribution in [0.5, 0.6) is 0 Å². The summed E-state index contributed by atoms with van der Waals surface area (Å²) < 4.78 is 2.00. The molecule has 0 unspecified atom stereocenters. The Morgan fingerprint density at radius 2 is 1.93 bits per heavy atom. The third-order valence-corrected chi connectivity index (χ3v) is 2.58. The van der Waals surface area contributed by atoms with Gasteiger partial charge in [0.2, 0.25) is 0 Å². The van der Waals surface area contributed by atoms with E-state index in [0.717, 1.165) is 16.7 Å². The molecule has 0 aliphatic heterocycles. The van der Waals surface area contributed by atoms with Crippen LogP contribution in [-0.2, 0) is 0 Å². The zero-order valence-electron chi connectivity index (χ0n) is 7.31. The number of pyridine rings is 1. The van der Waals surface area contributed by atoms with Gasteiger partial charge in [0.1, 0.15) is 0 Å². The number of imidazole rings is 1. The summed E-state index contributed by atoms with van der Waals surface area (Å²) in [6, 6.07) is 11.8. The quantitative estimate of drug-likeness (QED) is 0.548. The molecule has 1 aromatic carbocycles. The van der Waals surface area contributed by atoms with Gasteiger partial charge in [-0.05, 0) is 24.3 Å². The second-order valence-electron chi connectivity index (χ2n) is 3.15. The molecule has 0 atom stereocenters. The van der Waals surface area contributed by atoms with Crippen LogP contribution < -0.4 is 0 Å². The van der Waals surface area contributed by atoms with Crippen molar-refractivity contribution in [1.29, 1.82) is 0 Å². The number of aromatic nitrogens is 2. The Morgan fingerprint density at radius 3 is 2.86 bits per heavy atom. The minimum Gasteiger partial charge on any atom is -0.298 e. The molecule has 2 aromatic heterocycles. The minimum atomic E-state index is 0.684. The van der Waals surface area contributed by atoms with E-state index in [2.05, 4.69) is 4.98 Å². The van der Waals surface area contributed by atoms with Crippen molar-refractivity contribution in [3.8, 4) is 0 Å². The van der Waals surface area contributed by atoms with E-state index in [0.29, 0.717) is 5.02 Å². The first kappa shape index (κ1) is 7.83. The van der Waals surface area contributed by atoms with Gasteiger partial charge in [0.05, 0.1) is 16.1 Å². The van der Waals surface area contributed by atoms with Crippen LogP contribution in [0.3, 0.4) is 0 Å². The highest BCUT2D eigenvalue weighted by molar-refractivity contribution is 6.33.